The summed E-state index contributed by atoms with van der Waals surface area (Å²) < 4.78 is 0. The Morgan fingerprint density at radius 3 is 1.95 bits per heavy atom. The van der Waals surface area contributed by atoms with Crippen molar-refractivity contribution in [3.63, 3.8) is 0 Å². The Labute approximate surface area is 224 Å². The van der Waals surface area contributed by atoms with E-state index in [0.717, 1.165) is 12.1 Å². The number of ketones is 2. The van der Waals surface area contributed by atoms with Crippen molar-refractivity contribution in [1.29, 1.82) is 0 Å². The lowest BCUT2D eigenvalue weighted by Gasteiger charge is -2.38. The highest BCUT2D eigenvalue weighted by Crippen LogP contribution is 2.57. The second-order valence-electron chi connectivity index (χ2n) is 9.59. The monoisotopic (exact) mass is 538 g/mol. The SMILES string of the molecule is O=C(O)c1cc(O)c2c(c1)[C@H]([C@@H]1c3c(O)cccc3C(=O)c3ccc(C(=O)O)c(O)c31)c1cccc(O)c1C2=O. The summed E-state index contributed by atoms with van der Waals surface area (Å²) in [6.45, 7) is 0. The van der Waals surface area contributed by atoms with E-state index in [0.29, 0.717) is 0 Å². The van der Waals surface area contributed by atoms with Gasteiger partial charge in [0.25, 0.3) is 0 Å². The number of phenols is 4. The van der Waals surface area contributed by atoms with Crippen LogP contribution in [0.5, 0.6) is 23.0 Å². The number of carboxylic acid groups (broad SMARTS) is 2. The summed E-state index contributed by atoms with van der Waals surface area (Å²) in [6.07, 6.45) is 0. The Bertz CT molecular complexity index is 1850. The first-order chi connectivity index (χ1) is 19.0. The molecule has 2 aliphatic rings. The first-order valence-electron chi connectivity index (χ1n) is 11.9. The van der Waals surface area contributed by atoms with Crippen molar-refractivity contribution in [2.75, 3.05) is 0 Å². The maximum Gasteiger partial charge on any atom is 0.339 e. The average molecular weight is 538 g/mol. The van der Waals surface area contributed by atoms with Gasteiger partial charge in [0.15, 0.2) is 5.78 Å². The molecule has 198 valence electrons. The summed E-state index contributed by atoms with van der Waals surface area (Å²) in [5.74, 6) is -8.98. The van der Waals surface area contributed by atoms with Gasteiger partial charge in [0, 0.05) is 34.1 Å². The number of hydrogen-bond acceptors (Lipinski definition) is 8. The Morgan fingerprint density at radius 2 is 1.25 bits per heavy atom. The fraction of sp³-hybridized carbons (Fsp3) is 0.0667. The third-order valence-corrected chi connectivity index (χ3v) is 7.57. The van der Waals surface area contributed by atoms with E-state index in [9.17, 15) is 49.8 Å². The van der Waals surface area contributed by atoms with E-state index in [2.05, 4.69) is 0 Å². The van der Waals surface area contributed by atoms with Crippen LogP contribution in [0.25, 0.3) is 0 Å². The van der Waals surface area contributed by atoms with Gasteiger partial charge in [-0.15, -0.1) is 0 Å². The normalized spacial score (nSPS) is 16.9. The number of aromatic hydroxyl groups is 4. The molecule has 40 heavy (non-hydrogen) atoms. The van der Waals surface area contributed by atoms with E-state index in [-0.39, 0.29) is 55.8 Å². The first kappa shape index (κ1) is 24.7. The van der Waals surface area contributed by atoms with Crippen molar-refractivity contribution in [2.24, 2.45) is 0 Å². The molecule has 6 N–H and O–H groups in total. The molecule has 0 unspecified atom stereocenters. The molecule has 0 fully saturated rings. The Morgan fingerprint density at radius 1 is 0.600 bits per heavy atom. The third-order valence-electron chi connectivity index (χ3n) is 7.57. The Balaban J connectivity index is 1.80. The van der Waals surface area contributed by atoms with Gasteiger partial charge in [-0.3, -0.25) is 9.59 Å². The van der Waals surface area contributed by atoms with Gasteiger partial charge in [-0.1, -0.05) is 24.3 Å². The molecule has 10 nitrogen and oxygen atoms in total. The van der Waals surface area contributed by atoms with Gasteiger partial charge in [-0.2, -0.15) is 0 Å². The van der Waals surface area contributed by atoms with E-state index in [1.165, 1.54) is 48.5 Å². The summed E-state index contributed by atoms with van der Waals surface area (Å²) in [5.41, 5.74) is -1.47. The van der Waals surface area contributed by atoms with Crippen LogP contribution in [-0.4, -0.2) is 54.1 Å². The molecule has 6 rings (SSSR count). The highest BCUT2D eigenvalue weighted by atomic mass is 16.4. The summed E-state index contributed by atoms with van der Waals surface area (Å²) in [7, 11) is 0. The number of benzene rings is 4. The van der Waals surface area contributed by atoms with Gasteiger partial charge in [0.05, 0.1) is 16.7 Å². The second-order valence-corrected chi connectivity index (χ2v) is 9.59. The molecule has 10 heteroatoms. The van der Waals surface area contributed by atoms with E-state index in [1.807, 2.05) is 0 Å². The molecule has 2 atom stereocenters. The highest BCUT2D eigenvalue weighted by Gasteiger charge is 2.46. The van der Waals surface area contributed by atoms with E-state index >= 15 is 0 Å². The number of hydrogen-bond donors (Lipinski definition) is 6. The van der Waals surface area contributed by atoms with E-state index in [1.54, 1.807) is 0 Å². The van der Waals surface area contributed by atoms with E-state index in [4.69, 9.17) is 0 Å². The van der Waals surface area contributed by atoms with Crippen LogP contribution in [0.4, 0.5) is 0 Å². The maximum absolute atomic E-state index is 13.6. The molecule has 0 amide bonds. The number of carbonyl (C=O) groups is 4. The van der Waals surface area contributed by atoms with Crippen LogP contribution in [0.15, 0.2) is 60.7 Å². The predicted molar refractivity (Wildman–Crippen MR) is 137 cm³/mol. The molecular weight excluding hydrogens is 520 g/mol. The van der Waals surface area contributed by atoms with Crippen LogP contribution in [0, 0.1) is 0 Å². The van der Waals surface area contributed by atoms with Gasteiger partial charge in [0.2, 0.25) is 5.78 Å². The molecule has 0 radical (unpaired) electrons. The topological polar surface area (TPSA) is 190 Å². The lowest BCUT2D eigenvalue weighted by atomic mass is 9.63. The van der Waals surface area contributed by atoms with Gasteiger partial charge in [-0.25, -0.2) is 9.59 Å². The first-order valence-corrected chi connectivity index (χ1v) is 11.9. The molecule has 0 bridgehead atoms. The molecule has 4 aromatic carbocycles. The van der Waals surface area contributed by atoms with Crippen LogP contribution in [-0.2, 0) is 0 Å². The zero-order valence-electron chi connectivity index (χ0n) is 20.2. The molecule has 4 aromatic rings. The molecule has 0 aliphatic heterocycles. The van der Waals surface area contributed by atoms with Crippen LogP contribution in [0.3, 0.4) is 0 Å². The smallest absolute Gasteiger partial charge is 0.339 e. The number of aromatic carboxylic acids is 2. The number of carbonyl (C=O) groups excluding carboxylic acids is 2. The zero-order chi connectivity index (χ0) is 28.6. The lowest BCUT2D eigenvalue weighted by molar-refractivity contribution is 0.0683. The summed E-state index contributed by atoms with van der Waals surface area (Å²) in [4.78, 5) is 51.0. The van der Waals surface area contributed by atoms with Crippen molar-refractivity contribution in [3.05, 3.63) is 116 Å². The third kappa shape index (κ3) is 3.22. The van der Waals surface area contributed by atoms with E-state index < -0.39 is 58.2 Å². The molecule has 0 heterocycles. The predicted octanol–water partition coefficient (Wildman–Crippen LogP) is 3.96. The molecule has 0 saturated heterocycles. The van der Waals surface area contributed by atoms with Gasteiger partial charge < -0.3 is 30.6 Å². The Hall–Kier alpha value is -5.64. The molecule has 0 spiro atoms. The van der Waals surface area contributed by atoms with Crippen molar-refractivity contribution in [1.82, 2.24) is 0 Å². The summed E-state index contributed by atoms with van der Waals surface area (Å²) in [6, 6.07) is 12.7. The molecule has 0 aromatic heterocycles. The quantitative estimate of drug-likeness (QED) is 0.223. The van der Waals surface area contributed by atoms with Gasteiger partial charge in [-0.05, 0) is 47.5 Å². The Kier molecular flexibility index (Phi) is 5.20. The van der Waals surface area contributed by atoms with Crippen molar-refractivity contribution in [3.8, 4) is 23.0 Å². The molecule has 2 aliphatic carbocycles. The summed E-state index contributed by atoms with van der Waals surface area (Å²) in [5, 5.41) is 63.4. The summed E-state index contributed by atoms with van der Waals surface area (Å²) >= 11 is 0. The van der Waals surface area contributed by atoms with Crippen molar-refractivity contribution >= 4 is 23.5 Å². The zero-order valence-corrected chi connectivity index (χ0v) is 20.2. The minimum absolute atomic E-state index is 0.00218. The van der Waals surface area contributed by atoms with Gasteiger partial charge >= 0.3 is 11.9 Å². The maximum atomic E-state index is 13.6. The van der Waals surface area contributed by atoms with Crippen LogP contribution in [0.2, 0.25) is 0 Å². The largest absolute Gasteiger partial charge is 0.508 e. The van der Waals surface area contributed by atoms with Crippen molar-refractivity contribution < 1.29 is 49.8 Å². The highest BCUT2D eigenvalue weighted by molar-refractivity contribution is 6.17. The fourth-order valence-electron chi connectivity index (χ4n) is 5.97. The average Bonchev–Trinajstić information content (AvgIpc) is 2.90. The minimum Gasteiger partial charge on any atom is -0.508 e. The van der Waals surface area contributed by atoms with Crippen LogP contribution in [0.1, 0.15) is 86.6 Å². The molecular formula is C30H18O10. The fourth-order valence-corrected chi connectivity index (χ4v) is 5.97. The molecule has 0 saturated carbocycles. The van der Waals surface area contributed by atoms with Crippen LogP contribution < -0.4 is 0 Å². The van der Waals surface area contributed by atoms with Crippen LogP contribution >= 0.6 is 0 Å². The number of rotatable bonds is 3. The minimum atomic E-state index is -1.49. The second kappa shape index (κ2) is 8.43. The lowest BCUT2D eigenvalue weighted by Crippen LogP contribution is -2.30. The number of phenolic OH excluding ortho intramolecular Hbond substituents is 3. The van der Waals surface area contributed by atoms with Crippen molar-refractivity contribution in [2.45, 2.75) is 11.8 Å². The number of fused-ring (bicyclic) bond motifs is 4. The number of carboxylic acids is 2. The van der Waals surface area contributed by atoms with Gasteiger partial charge in [0.1, 0.15) is 28.6 Å². The standard InChI is InChI=1S/C30H18O10/c31-17-5-2-4-13-21(17)25(24-14(26(13)34)7-8-15(27(24)35)30(39)40)20-12-3-1-6-18(32)22(12)28(36)23-16(20)9-11(29(37)38)10-19(23)33/h1-10,20,25,31-33,35H,(H,37,38)(H,39,40)/t20-,25-/m1/s1.